The molecule has 5 heteroatoms. The number of rotatable bonds is 5. The van der Waals surface area contributed by atoms with Crippen LogP contribution in [0.15, 0.2) is 0 Å². The van der Waals surface area contributed by atoms with E-state index in [0.29, 0.717) is 0 Å². The van der Waals surface area contributed by atoms with Crippen LogP contribution in [0.25, 0.3) is 0 Å². The summed E-state index contributed by atoms with van der Waals surface area (Å²) in [7, 11) is 0. The van der Waals surface area contributed by atoms with Gasteiger partial charge in [0, 0.05) is 28.9 Å². The highest BCUT2D eigenvalue weighted by Gasteiger charge is 2.38. The van der Waals surface area contributed by atoms with Crippen LogP contribution >= 0.6 is 11.8 Å². The van der Waals surface area contributed by atoms with Crippen molar-refractivity contribution in [1.29, 1.82) is 0 Å². The van der Waals surface area contributed by atoms with Gasteiger partial charge in [-0.2, -0.15) is 11.8 Å². The summed E-state index contributed by atoms with van der Waals surface area (Å²) in [5.41, 5.74) is 0.117. The average molecular weight is 302 g/mol. The predicted octanol–water partition coefficient (Wildman–Crippen LogP) is 2.74. The Balaban J connectivity index is 2.52. The maximum Gasteiger partial charge on any atom is 0.315 e. The normalized spacial score (nSPS) is 23.1. The summed E-state index contributed by atoms with van der Waals surface area (Å²) in [6, 6.07) is 0.463. The molecule has 0 bridgehead atoms. The predicted molar refractivity (Wildman–Crippen MR) is 88.4 cm³/mol. The molecule has 4 nitrogen and oxygen atoms in total. The molecule has 0 aliphatic carbocycles. The maximum atomic E-state index is 12.1. The first kappa shape index (κ1) is 17.6. The highest BCUT2D eigenvalue weighted by molar-refractivity contribution is 7.98. The van der Waals surface area contributed by atoms with Crippen molar-refractivity contribution in [3.63, 3.8) is 0 Å². The lowest BCUT2D eigenvalue weighted by Crippen LogP contribution is -2.63. The van der Waals surface area contributed by atoms with Gasteiger partial charge >= 0.3 is 6.03 Å². The maximum absolute atomic E-state index is 12.1. The Morgan fingerprint density at radius 2 is 1.85 bits per heavy atom. The molecule has 1 aliphatic rings. The van der Waals surface area contributed by atoms with E-state index < -0.39 is 0 Å². The Bertz CT molecular complexity index is 315. The van der Waals surface area contributed by atoms with Crippen molar-refractivity contribution in [3.05, 3.63) is 0 Å². The number of nitrogens with one attached hydrogen (secondary N) is 3. The van der Waals surface area contributed by atoms with Crippen molar-refractivity contribution in [3.8, 4) is 0 Å². The van der Waals surface area contributed by atoms with Gasteiger partial charge in [-0.05, 0) is 53.2 Å². The summed E-state index contributed by atoms with van der Waals surface area (Å²) in [6.07, 6.45) is 4.96. The van der Waals surface area contributed by atoms with E-state index in [1.54, 1.807) is 11.8 Å². The van der Waals surface area contributed by atoms with E-state index in [-0.39, 0.29) is 29.2 Å². The molecule has 1 fully saturated rings. The number of carbonyl (C=O) groups excluding carboxylic acids is 1. The Morgan fingerprint density at radius 3 is 2.30 bits per heavy atom. The third-order valence-corrected chi connectivity index (χ3v) is 4.46. The van der Waals surface area contributed by atoms with E-state index in [0.717, 1.165) is 25.0 Å². The monoisotopic (exact) mass is 301 g/mol. The van der Waals surface area contributed by atoms with Crippen molar-refractivity contribution in [1.82, 2.24) is 16.0 Å². The molecule has 1 unspecified atom stereocenters. The molecule has 0 spiro atoms. The van der Waals surface area contributed by atoms with Crippen LogP contribution in [0, 0.1) is 0 Å². The van der Waals surface area contributed by atoms with Gasteiger partial charge in [0.1, 0.15) is 0 Å². The SMILES string of the molecule is CCC(CSC)NC(=O)NC1CC(C)(C)NC(C)(C)C1. The van der Waals surface area contributed by atoms with Gasteiger partial charge in [0.05, 0.1) is 0 Å². The molecule has 0 aromatic carbocycles. The van der Waals surface area contributed by atoms with Crippen LogP contribution in [-0.2, 0) is 0 Å². The van der Waals surface area contributed by atoms with Crippen LogP contribution in [0.2, 0.25) is 0 Å². The smallest absolute Gasteiger partial charge is 0.315 e. The van der Waals surface area contributed by atoms with Crippen LogP contribution in [0.1, 0.15) is 53.9 Å². The molecular formula is C15H31N3OS. The third-order valence-electron chi connectivity index (χ3n) is 3.72. The fourth-order valence-electron chi connectivity index (χ4n) is 3.30. The number of amides is 2. The first-order valence-electron chi connectivity index (χ1n) is 7.53. The van der Waals surface area contributed by atoms with Crippen molar-refractivity contribution < 1.29 is 4.79 Å². The minimum absolute atomic E-state index is 0.0237. The lowest BCUT2D eigenvalue weighted by molar-refractivity contribution is 0.147. The quantitative estimate of drug-likeness (QED) is 0.732. The molecule has 20 heavy (non-hydrogen) atoms. The molecule has 0 aromatic heterocycles. The summed E-state index contributed by atoms with van der Waals surface area (Å²) in [5.74, 6) is 0.965. The molecule has 1 heterocycles. The van der Waals surface area contributed by atoms with Crippen molar-refractivity contribution in [2.24, 2.45) is 0 Å². The van der Waals surface area contributed by atoms with Gasteiger partial charge < -0.3 is 16.0 Å². The molecular weight excluding hydrogens is 270 g/mol. The molecule has 0 aromatic rings. The third kappa shape index (κ3) is 5.92. The van der Waals surface area contributed by atoms with Gasteiger partial charge in [0.25, 0.3) is 0 Å². The van der Waals surface area contributed by atoms with E-state index >= 15 is 0 Å². The van der Waals surface area contributed by atoms with E-state index in [1.165, 1.54) is 0 Å². The van der Waals surface area contributed by atoms with Crippen LogP contribution in [0.4, 0.5) is 4.79 Å². The molecule has 1 saturated heterocycles. The fraction of sp³-hybridized carbons (Fsp3) is 0.933. The second-order valence-corrected chi connectivity index (χ2v) is 8.09. The number of hydrogen-bond acceptors (Lipinski definition) is 3. The zero-order chi connectivity index (χ0) is 15.4. The second-order valence-electron chi connectivity index (χ2n) is 7.18. The Morgan fingerprint density at radius 1 is 1.30 bits per heavy atom. The van der Waals surface area contributed by atoms with Crippen LogP contribution < -0.4 is 16.0 Å². The first-order valence-corrected chi connectivity index (χ1v) is 8.92. The molecule has 0 radical (unpaired) electrons. The minimum Gasteiger partial charge on any atom is -0.335 e. The number of thioether (sulfide) groups is 1. The van der Waals surface area contributed by atoms with Gasteiger partial charge in [-0.3, -0.25) is 0 Å². The average Bonchev–Trinajstić information content (AvgIpc) is 2.23. The topological polar surface area (TPSA) is 53.2 Å². The molecule has 1 atom stereocenters. The lowest BCUT2D eigenvalue weighted by Gasteiger charge is -2.46. The zero-order valence-electron chi connectivity index (χ0n) is 13.8. The lowest BCUT2D eigenvalue weighted by atomic mass is 9.80. The second kappa shape index (κ2) is 7.03. The van der Waals surface area contributed by atoms with Crippen molar-refractivity contribution in [2.45, 2.75) is 77.0 Å². The van der Waals surface area contributed by atoms with E-state index in [2.05, 4.69) is 56.8 Å². The Labute approximate surface area is 128 Å². The summed E-state index contributed by atoms with van der Waals surface area (Å²) in [6.45, 7) is 10.9. The summed E-state index contributed by atoms with van der Waals surface area (Å²) in [5, 5.41) is 9.86. The molecule has 1 rings (SSSR count). The van der Waals surface area contributed by atoms with Crippen molar-refractivity contribution >= 4 is 17.8 Å². The molecule has 118 valence electrons. The highest BCUT2D eigenvalue weighted by Crippen LogP contribution is 2.28. The minimum atomic E-state index is -0.0237. The molecule has 0 saturated carbocycles. The zero-order valence-corrected chi connectivity index (χ0v) is 14.6. The van der Waals surface area contributed by atoms with Crippen molar-refractivity contribution in [2.75, 3.05) is 12.0 Å². The Kier molecular flexibility index (Phi) is 6.20. The summed E-state index contributed by atoms with van der Waals surface area (Å²) < 4.78 is 0. The molecule has 3 N–H and O–H groups in total. The number of urea groups is 1. The van der Waals surface area contributed by atoms with Gasteiger partial charge in [0.2, 0.25) is 0 Å². The van der Waals surface area contributed by atoms with E-state index in [4.69, 9.17) is 0 Å². The van der Waals surface area contributed by atoms with Gasteiger partial charge in [-0.15, -0.1) is 0 Å². The van der Waals surface area contributed by atoms with Gasteiger partial charge in [0.15, 0.2) is 0 Å². The van der Waals surface area contributed by atoms with Gasteiger partial charge in [-0.1, -0.05) is 6.92 Å². The van der Waals surface area contributed by atoms with Crippen LogP contribution in [-0.4, -0.2) is 41.2 Å². The summed E-state index contributed by atoms with van der Waals surface area (Å²) >= 11 is 1.77. The van der Waals surface area contributed by atoms with E-state index in [1.807, 2.05) is 0 Å². The largest absolute Gasteiger partial charge is 0.335 e. The standard InChI is InChI=1S/C15H31N3OS/c1-7-11(10-20-6)16-13(19)17-12-8-14(2,3)18-15(4,5)9-12/h11-12,18H,7-10H2,1-6H3,(H2,16,17,19). The number of hydrogen-bond donors (Lipinski definition) is 3. The highest BCUT2D eigenvalue weighted by atomic mass is 32.2. The first-order chi connectivity index (χ1) is 9.17. The fourth-order valence-corrected chi connectivity index (χ4v) is 4.02. The van der Waals surface area contributed by atoms with E-state index in [9.17, 15) is 4.79 Å². The number of piperidine rings is 1. The molecule has 2 amide bonds. The summed E-state index contributed by atoms with van der Waals surface area (Å²) in [4.78, 5) is 12.1. The van der Waals surface area contributed by atoms with Crippen LogP contribution in [0.5, 0.6) is 0 Å². The van der Waals surface area contributed by atoms with Gasteiger partial charge in [-0.25, -0.2) is 4.79 Å². The molecule has 1 aliphatic heterocycles. The Hall–Kier alpha value is -0.420. The number of carbonyl (C=O) groups is 1. The van der Waals surface area contributed by atoms with Crippen LogP contribution in [0.3, 0.4) is 0 Å².